The summed E-state index contributed by atoms with van der Waals surface area (Å²) in [6.45, 7) is 6.51. The molecule has 0 unspecified atom stereocenters. The number of anilines is 2. The molecule has 1 aromatic heterocycles. The fourth-order valence-electron chi connectivity index (χ4n) is 5.90. The van der Waals surface area contributed by atoms with E-state index in [-0.39, 0.29) is 47.8 Å². The summed E-state index contributed by atoms with van der Waals surface area (Å²) in [6, 6.07) is 6.74. The molecule has 2 N–H and O–H groups in total. The van der Waals surface area contributed by atoms with Crippen molar-refractivity contribution >= 4 is 23.5 Å². The number of hydrogen-bond donors (Lipinski definition) is 2. The second-order valence-corrected chi connectivity index (χ2v) is 11.9. The fraction of sp³-hybridized carbons (Fsp3) is 0.600. The van der Waals surface area contributed by atoms with Crippen molar-refractivity contribution in [1.82, 2.24) is 25.1 Å². The van der Waals surface area contributed by atoms with Crippen LogP contribution in [0.25, 0.3) is 0 Å². The number of hydrogen-bond acceptors (Lipinski definition) is 6. The van der Waals surface area contributed by atoms with Crippen LogP contribution in [0.5, 0.6) is 0 Å². The Morgan fingerprint density at radius 2 is 1.78 bits per heavy atom. The largest absolute Gasteiger partial charge is 0.419 e. The first-order valence-corrected chi connectivity index (χ1v) is 14.4. The average Bonchev–Trinajstić information content (AvgIpc) is 3.37. The second kappa shape index (κ2) is 13.2. The Bertz CT molecular complexity index is 1200. The van der Waals surface area contributed by atoms with Crippen molar-refractivity contribution in [2.75, 3.05) is 39.0 Å². The third-order valence-electron chi connectivity index (χ3n) is 8.16. The van der Waals surface area contributed by atoms with Crippen LogP contribution >= 0.6 is 0 Å². The van der Waals surface area contributed by atoms with Crippen LogP contribution in [0.1, 0.15) is 67.6 Å². The number of benzene rings is 1. The number of carbonyl (C=O) groups excluding carboxylic acids is 2. The predicted molar refractivity (Wildman–Crippen MR) is 152 cm³/mol. The number of rotatable bonds is 9. The number of alkyl halides is 3. The summed E-state index contributed by atoms with van der Waals surface area (Å²) < 4.78 is 41.5. The van der Waals surface area contributed by atoms with Gasteiger partial charge in [0.1, 0.15) is 0 Å². The minimum atomic E-state index is -4.61. The molecule has 0 bridgehead atoms. The fourth-order valence-corrected chi connectivity index (χ4v) is 5.90. The number of nitrogens with one attached hydrogen (secondary N) is 2. The van der Waals surface area contributed by atoms with E-state index in [0.717, 1.165) is 38.5 Å². The van der Waals surface area contributed by atoms with E-state index in [1.165, 1.54) is 0 Å². The molecule has 2 amide bonds. The maximum atomic E-state index is 13.8. The number of nitrogens with zero attached hydrogens (tertiary/aromatic N) is 4. The molecule has 1 aliphatic heterocycles. The van der Waals surface area contributed by atoms with E-state index in [2.05, 4.69) is 32.5 Å². The Hall–Kier alpha value is -3.21. The molecule has 1 aliphatic carbocycles. The first kappa shape index (κ1) is 30.7. The standard InChI is InChI=1S/C30H41F3N6O2/c1-19(2)35-27(40)24-7-5-6-22(24)16-26-25(30(31,32)33)17-34-29(37-26)36-23-10-8-21(9-11-23)28(41)39(4)18-20-12-14-38(3)15-13-20/h8-11,17,19-20,22,24H,5-7,12-16,18H2,1-4H3,(H,35,40)(H,34,36,37)/t22-,24-/m0/s1. The maximum absolute atomic E-state index is 13.8. The molecule has 0 radical (unpaired) electrons. The first-order chi connectivity index (χ1) is 19.4. The lowest BCUT2D eigenvalue weighted by Crippen LogP contribution is -2.37. The Morgan fingerprint density at radius 1 is 1.10 bits per heavy atom. The van der Waals surface area contributed by atoms with Crippen molar-refractivity contribution < 1.29 is 22.8 Å². The number of piperidine rings is 1. The Balaban J connectivity index is 1.44. The molecule has 1 aromatic carbocycles. The van der Waals surface area contributed by atoms with E-state index >= 15 is 0 Å². The Morgan fingerprint density at radius 3 is 2.41 bits per heavy atom. The van der Waals surface area contributed by atoms with Crippen molar-refractivity contribution in [2.45, 2.75) is 64.6 Å². The van der Waals surface area contributed by atoms with E-state index < -0.39 is 11.7 Å². The van der Waals surface area contributed by atoms with Gasteiger partial charge in [-0.25, -0.2) is 9.97 Å². The van der Waals surface area contributed by atoms with Gasteiger partial charge in [0, 0.05) is 43.0 Å². The SMILES string of the molecule is CC(C)NC(=O)[C@H]1CCC[C@H]1Cc1nc(Nc2ccc(C(=O)N(C)CC3CCN(C)CC3)cc2)ncc1C(F)(F)F. The van der Waals surface area contributed by atoms with E-state index in [1.54, 1.807) is 29.2 Å². The minimum absolute atomic E-state index is 0.0349. The van der Waals surface area contributed by atoms with Crippen LogP contribution in [0, 0.1) is 17.8 Å². The molecule has 41 heavy (non-hydrogen) atoms. The van der Waals surface area contributed by atoms with Gasteiger partial charge in [-0.15, -0.1) is 0 Å². The number of halogens is 3. The first-order valence-electron chi connectivity index (χ1n) is 14.4. The van der Waals surface area contributed by atoms with Gasteiger partial charge in [-0.05, 0) is 102 Å². The highest BCUT2D eigenvalue weighted by atomic mass is 19.4. The molecule has 224 valence electrons. The van der Waals surface area contributed by atoms with E-state index in [1.807, 2.05) is 20.9 Å². The average molecular weight is 575 g/mol. The molecular weight excluding hydrogens is 533 g/mol. The van der Waals surface area contributed by atoms with Gasteiger partial charge in [0.2, 0.25) is 11.9 Å². The van der Waals surface area contributed by atoms with E-state index in [9.17, 15) is 22.8 Å². The van der Waals surface area contributed by atoms with Crippen molar-refractivity contribution in [3.05, 3.63) is 47.3 Å². The molecule has 1 saturated carbocycles. The quantitative estimate of drug-likeness (QED) is 0.431. The van der Waals surface area contributed by atoms with Crippen molar-refractivity contribution in [1.29, 1.82) is 0 Å². The molecule has 4 rings (SSSR count). The smallest absolute Gasteiger partial charge is 0.354 e. The van der Waals surface area contributed by atoms with E-state index in [0.29, 0.717) is 36.6 Å². The molecule has 2 atom stereocenters. The summed E-state index contributed by atoms with van der Waals surface area (Å²) >= 11 is 0. The highest BCUT2D eigenvalue weighted by Gasteiger charge is 2.39. The summed E-state index contributed by atoms with van der Waals surface area (Å²) in [4.78, 5) is 37.9. The van der Waals surface area contributed by atoms with Gasteiger partial charge in [0.05, 0.1) is 11.3 Å². The zero-order valence-electron chi connectivity index (χ0n) is 24.3. The third kappa shape index (κ3) is 8.18. The van der Waals surface area contributed by atoms with Crippen LogP contribution in [0.2, 0.25) is 0 Å². The predicted octanol–water partition coefficient (Wildman–Crippen LogP) is 5.14. The van der Waals surface area contributed by atoms with Crippen LogP contribution in [0.4, 0.5) is 24.8 Å². The molecule has 0 spiro atoms. The highest BCUT2D eigenvalue weighted by Crippen LogP contribution is 2.38. The third-order valence-corrected chi connectivity index (χ3v) is 8.16. The maximum Gasteiger partial charge on any atom is 0.419 e. The summed E-state index contributed by atoms with van der Waals surface area (Å²) in [5.41, 5.74) is 0.0883. The Kier molecular flexibility index (Phi) is 9.88. The van der Waals surface area contributed by atoms with Crippen molar-refractivity contribution in [3.63, 3.8) is 0 Å². The van der Waals surface area contributed by atoms with Gasteiger partial charge in [-0.1, -0.05) is 6.42 Å². The zero-order valence-corrected chi connectivity index (χ0v) is 24.3. The van der Waals surface area contributed by atoms with Crippen molar-refractivity contribution in [2.24, 2.45) is 17.8 Å². The Labute approximate surface area is 240 Å². The van der Waals surface area contributed by atoms with Gasteiger partial charge >= 0.3 is 6.18 Å². The molecular formula is C30H41F3N6O2. The minimum Gasteiger partial charge on any atom is -0.354 e. The van der Waals surface area contributed by atoms with Gasteiger partial charge in [-0.3, -0.25) is 9.59 Å². The van der Waals surface area contributed by atoms with Gasteiger partial charge < -0.3 is 20.4 Å². The van der Waals surface area contributed by atoms with Crippen LogP contribution in [0.15, 0.2) is 30.5 Å². The molecule has 11 heteroatoms. The van der Waals surface area contributed by atoms with Gasteiger partial charge in [-0.2, -0.15) is 13.2 Å². The monoisotopic (exact) mass is 574 g/mol. The molecule has 2 heterocycles. The molecule has 2 aliphatic rings. The summed E-state index contributed by atoms with van der Waals surface area (Å²) in [5.74, 6) is -0.239. The van der Waals surface area contributed by atoms with Gasteiger partial charge in [0.15, 0.2) is 0 Å². The number of amides is 2. The lowest BCUT2D eigenvalue weighted by molar-refractivity contribution is -0.138. The number of aromatic nitrogens is 2. The molecule has 1 saturated heterocycles. The van der Waals surface area contributed by atoms with Crippen LogP contribution < -0.4 is 10.6 Å². The second-order valence-electron chi connectivity index (χ2n) is 11.9. The lowest BCUT2D eigenvalue weighted by Gasteiger charge is -2.31. The van der Waals surface area contributed by atoms with Crippen LogP contribution in [-0.4, -0.2) is 71.4 Å². The summed E-state index contributed by atoms with van der Waals surface area (Å²) in [6.07, 6.45) is 0.483. The van der Waals surface area contributed by atoms with E-state index in [4.69, 9.17) is 0 Å². The number of likely N-dealkylation sites (tertiary alicyclic amines) is 1. The van der Waals surface area contributed by atoms with Crippen LogP contribution in [-0.2, 0) is 17.4 Å². The number of carbonyl (C=O) groups is 2. The molecule has 2 aromatic rings. The lowest BCUT2D eigenvalue weighted by atomic mass is 9.89. The normalized spacial score (nSPS) is 20.3. The highest BCUT2D eigenvalue weighted by molar-refractivity contribution is 5.94. The topological polar surface area (TPSA) is 90.5 Å². The van der Waals surface area contributed by atoms with Crippen molar-refractivity contribution in [3.8, 4) is 0 Å². The zero-order chi connectivity index (χ0) is 29.7. The van der Waals surface area contributed by atoms with Crippen LogP contribution in [0.3, 0.4) is 0 Å². The van der Waals surface area contributed by atoms with Gasteiger partial charge in [0.25, 0.3) is 5.91 Å². The molecule has 2 fully saturated rings. The summed E-state index contributed by atoms with van der Waals surface area (Å²) in [7, 11) is 3.92. The molecule has 8 nitrogen and oxygen atoms in total. The summed E-state index contributed by atoms with van der Waals surface area (Å²) in [5, 5.41) is 5.87.